The number of nitriles is 1. The van der Waals surface area contributed by atoms with E-state index in [9.17, 15) is 0 Å². The van der Waals surface area contributed by atoms with Crippen molar-refractivity contribution in [1.82, 2.24) is 10.2 Å². The molecule has 0 aliphatic carbocycles. The summed E-state index contributed by atoms with van der Waals surface area (Å²) < 4.78 is 5.12. The molecule has 0 amide bonds. The molecule has 0 aromatic carbocycles. The molecule has 0 aromatic rings. The van der Waals surface area contributed by atoms with Gasteiger partial charge in [0.1, 0.15) is 0 Å². The third kappa shape index (κ3) is 2.44. The SMILES string of the molecule is N#CCN1CCC(NC2COC2)CC1. The number of piperidine rings is 1. The van der Waals surface area contributed by atoms with Crippen LogP contribution in [0.5, 0.6) is 0 Å². The second-order valence-corrected chi connectivity index (χ2v) is 4.11. The van der Waals surface area contributed by atoms with E-state index in [1.54, 1.807) is 0 Å². The second kappa shape index (κ2) is 4.74. The molecule has 4 nitrogen and oxygen atoms in total. The fourth-order valence-corrected chi connectivity index (χ4v) is 2.02. The van der Waals surface area contributed by atoms with Gasteiger partial charge >= 0.3 is 0 Å². The summed E-state index contributed by atoms with van der Waals surface area (Å²) in [5.74, 6) is 0. The standard InChI is InChI=1S/C10H17N3O/c11-3-6-13-4-1-9(2-5-13)12-10-7-14-8-10/h9-10,12H,1-2,4-8H2. The summed E-state index contributed by atoms with van der Waals surface area (Å²) in [6.07, 6.45) is 2.33. The van der Waals surface area contributed by atoms with E-state index in [2.05, 4.69) is 16.3 Å². The first-order chi connectivity index (χ1) is 6.88. The van der Waals surface area contributed by atoms with Crippen molar-refractivity contribution in [3.8, 4) is 6.07 Å². The maximum atomic E-state index is 8.55. The third-order valence-corrected chi connectivity index (χ3v) is 2.99. The molecule has 0 aromatic heterocycles. The van der Waals surface area contributed by atoms with Gasteiger partial charge in [0.15, 0.2) is 0 Å². The Morgan fingerprint density at radius 2 is 2.00 bits per heavy atom. The van der Waals surface area contributed by atoms with Gasteiger partial charge < -0.3 is 10.1 Å². The Balaban J connectivity index is 1.65. The van der Waals surface area contributed by atoms with Crippen LogP contribution < -0.4 is 5.32 Å². The lowest BCUT2D eigenvalue weighted by Gasteiger charge is -2.36. The minimum Gasteiger partial charge on any atom is -0.378 e. The molecule has 0 unspecified atom stereocenters. The van der Waals surface area contributed by atoms with Crippen LogP contribution in [0, 0.1) is 11.3 Å². The minimum atomic E-state index is 0.583. The zero-order chi connectivity index (χ0) is 9.80. The van der Waals surface area contributed by atoms with Gasteiger partial charge in [0.2, 0.25) is 0 Å². The number of hydrogen-bond acceptors (Lipinski definition) is 4. The summed E-state index contributed by atoms with van der Waals surface area (Å²) >= 11 is 0. The van der Waals surface area contributed by atoms with Crippen LogP contribution in [0.3, 0.4) is 0 Å². The fourth-order valence-electron chi connectivity index (χ4n) is 2.02. The molecule has 1 N–H and O–H groups in total. The highest BCUT2D eigenvalue weighted by Crippen LogP contribution is 2.12. The van der Waals surface area contributed by atoms with Crippen LogP contribution in [0.2, 0.25) is 0 Å². The van der Waals surface area contributed by atoms with E-state index in [0.717, 1.165) is 39.1 Å². The van der Waals surface area contributed by atoms with Crippen LogP contribution >= 0.6 is 0 Å². The van der Waals surface area contributed by atoms with Gasteiger partial charge in [-0.3, -0.25) is 4.90 Å². The van der Waals surface area contributed by atoms with E-state index in [1.807, 2.05) is 0 Å². The molecule has 2 aliphatic rings. The summed E-state index contributed by atoms with van der Waals surface area (Å²) in [4.78, 5) is 2.22. The van der Waals surface area contributed by atoms with Crippen molar-refractivity contribution in [3.05, 3.63) is 0 Å². The van der Waals surface area contributed by atoms with Crippen LogP contribution in [-0.4, -0.2) is 49.8 Å². The molecule has 0 spiro atoms. The first-order valence-corrected chi connectivity index (χ1v) is 5.31. The van der Waals surface area contributed by atoms with Crippen LogP contribution in [0.1, 0.15) is 12.8 Å². The van der Waals surface area contributed by atoms with Gasteiger partial charge in [-0.1, -0.05) is 0 Å². The Labute approximate surface area is 84.8 Å². The largest absolute Gasteiger partial charge is 0.378 e. The molecule has 14 heavy (non-hydrogen) atoms. The highest BCUT2D eigenvalue weighted by atomic mass is 16.5. The van der Waals surface area contributed by atoms with Crippen molar-refractivity contribution >= 4 is 0 Å². The highest BCUT2D eigenvalue weighted by Gasteiger charge is 2.24. The van der Waals surface area contributed by atoms with Gasteiger partial charge in [-0.05, 0) is 12.8 Å². The molecule has 4 heteroatoms. The lowest BCUT2D eigenvalue weighted by molar-refractivity contribution is -0.0133. The number of likely N-dealkylation sites (tertiary alicyclic amines) is 1. The predicted octanol–water partition coefficient (Wildman–Crippen LogP) is -0.0372. The summed E-state index contributed by atoms with van der Waals surface area (Å²) in [5, 5.41) is 12.1. The van der Waals surface area contributed by atoms with Crippen LogP contribution in [0.15, 0.2) is 0 Å². The lowest BCUT2D eigenvalue weighted by Crippen LogP contribution is -2.53. The molecule has 2 aliphatic heterocycles. The fraction of sp³-hybridized carbons (Fsp3) is 0.900. The number of hydrogen-bond donors (Lipinski definition) is 1. The van der Waals surface area contributed by atoms with Crippen LogP contribution in [0.4, 0.5) is 0 Å². The Bertz CT molecular complexity index is 214. The molecule has 78 valence electrons. The Hall–Kier alpha value is -0.630. The van der Waals surface area contributed by atoms with E-state index < -0.39 is 0 Å². The van der Waals surface area contributed by atoms with Crippen molar-refractivity contribution in [2.24, 2.45) is 0 Å². The molecule has 0 bridgehead atoms. The maximum Gasteiger partial charge on any atom is 0.0866 e. The number of ether oxygens (including phenoxy) is 1. The molecule has 0 saturated carbocycles. The summed E-state index contributed by atoms with van der Waals surface area (Å²) in [7, 11) is 0. The first kappa shape index (κ1) is 9.91. The van der Waals surface area contributed by atoms with Crippen molar-refractivity contribution in [2.45, 2.75) is 24.9 Å². The summed E-state index contributed by atoms with van der Waals surface area (Å²) in [5.41, 5.74) is 0. The van der Waals surface area contributed by atoms with Crippen LogP contribution in [0.25, 0.3) is 0 Å². The van der Waals surface area contributed by atoms with Crippen molar-refractivity contribution in [1.29, 1.82) is 5.26 Å². The Morgan fingerprint density at radius 3 is 2.50 bits per heavy atom. The van der Waals surface area contributed by atoms with Gasteiger partial charge in [-0.15, -0.1) is 0 Å². The molecule has 2 fully saturated rings. The zero-order valence-corrected chi connectivity index (χ0v) is 8.41. The van der Waals surface area contributed by atoms with Gasteiger partial charge in [0, 0.05) is 19.1 Å². The monoisotopic (exact) mass is 195 g/mol. The van der Waals surface area contributed by atoms with Crippen molar-refractivity contribution < 1.29 is 4.74 Å². The van der Waals surface area contributed by atoms with Crippen molar-refractivity contribution in [2.75, 3.05) is 32.8 Å². The minimum absolute atomic E-state index is 0.583. The number of nitrogens with zero attached hydrogens (tertiary/aromatic N) is 2. The van der Waals surface area contributed by atoms with E-state index in [4.69, 9.17) is 10.00 Å². The van der Waals surface area contributed by atoms with E-state index in [0.29, 0.717) is 18.6 Å². The normalized spacial score (nSPS) is 25.6. The first-order valence-electron chi connectivity index (χ1n) is 5.31. The molecule has 0 atom stereocenters. The average Bonchev–Trinajstić information content (AvgIpc) is 2.14. The second-order valence-electron chi connectivity index (χ2n) is 4.11. The lowest BCUT2D eigenvalue weighted by atomic mass is 10.0. The zero-order valence-electron chi connectivity index (χ0n) is 8.41. The quantitative estimate of drug-likeness (QED) is 0.642. The Morgan fingerprint density at radius 1 is 1.29 bits per heavy atom. The van der Waals surface area contributed by atoms with E-state index >= 15 is 0 Å². The van der Waals surface area contributed by atoms with Gasteiger partial charge in [0.25, 0.3) is 0 Å². The highest BCUT2D eigenvalue weighted by molar-refractivity contribution is 4.86. The maximum absolute atomic E-state index is 8.55. The van der Waals surface area contributed by atoms with Gasteiger partial charge in [-0.2, -0.15) is 5.26 Å². The van der Waals surface area contributed by atoms with Gasteiger partial charge in [0.05, 0.1) is 31.9 Å². The van der Waals surface area contributed by atoms with Crippen molar-refractivity contribution in [3.63, 3.8) is 0 Å². The average molecular weight is 195 g/mol. The Kier molecular flexibility index (Phi) is 3.35. The predicted molar refractivity (Wildman–Crippen MR) is 52.8 cm³/mol. The van der Waals surface area contributed by atoms with Crippen LogP contribution in [-0.2, 0) is 4.74 Å². The molecule has 2 saturated heterocycles. The molecular formula is C10H17N3O. The van der Waals surface area contributed by atoms with E-state index in [-0.39, 0.29) is 0 Å². The molecule has 2 rings (SSSR count). The molecular weight excluding hydrogens is 178 g/mol. The third-order valence-electron chi connectivity index (χ3n) is 2.99. The van der Waals surface area contributed by atoms with Gasteiger partial charge in [-0.25, -0.2) is 0 Å². The van der Waals surface area contributed by atoms with E-state index in [1.165, 1.54) is 0 Å². The summed E-state index contributed by atoms with van der Waals surface area (Å²) in [6, 6.07) is 3.42. The summed E-state index contributed by atoms with van der Waals surface area (Å²) in [6.45, 7) is 4.44. The smallest absolute Gasteiger partial charge is 0.0866 e. The number of nitrogens with one attached hydrogen (secondary N) is 1. The number of rotatable bonds is 3. The molecule has 0 radical (unpaired) electrons. The topological polar surface area (TPSA) is 48.3 Å². The molecule has 2 heterocycles.